The van der Waals surface area contributed by atoms with E-state index in [0.717, 1.165) is 5.52 Å². The summed E-state index contributed by atoms with van der Waals surface area (Å²) >= 11 is 6.10. The third-order valence-electron chi connectivity index (χ3n) is 2.38. The highest BCUT2D eigenvalue weighted by Gasteiger charge is 2.14. The van der Waals surface area contributed by atoms with E-state index in [1.54, 1.807) is 18.3 Å². The van der Waals surface area contributed by atoms with E-state index in [2.05, 4.69) is 14.9 Å². The Kier molecular flexibility index (Phi) is 3.74. The molecule has 0 aliphatic rings. The number of halogens is 1. The molecular formula is C10H12ClN3O3S. The zero-order chi connectivity index (χ0) is 13.2. The van der Waals surface area contributed by atoms with Gasteiger partial charge in [0, 0.05) is 12.5 Å². The second-order valence-corrected chi connectivity index (χ2v) is 5.89. The molecule has 98 valence electrons. The van der Waals surface area contributed by atoms with Crippen LogP contribution in [0.5, 0.6) is 0 Å². The van der Waals surface area contributed by atoms with Crippen LogP contribution in [0.1, 0.15) is 0 Å². The number of nitrogens with one attached hydrogen (secondary N) is 2. The Morgan fingerprint density at radius 1 is 1.50 bits per heavy atom. The van der Waals surface area contributed by atoms with Crippen molar-refractivity contribution in [1.29, 1.82) is 0 Å². The number of hydrogen-bond donors (Lipinski definition) is 2. The van der Waals surface area contributed by atoms with Gasteiger partial charge in [-0.05, 0) is 12.1 Å². The van der Waals surface area contributed by atoms with Crippen molar-refractivity contribution in [1.82, 2.24) is 10.2 Å². The number of methoxy groups -OCH3 is 1. The molecule has 0 aliphatic heterocycles. The van der Waals surface area contributed by atoms with Gasteiger partial charge < -0.3 is 4.74 Å². The summed E-state index contributed by atoms with van der Waals surface area (Å²) in [5, 5.41) is 7.59. The number of H-pyrrole nitrogens is 1. The fraction of sp³-hybridized carbons (Fsp3) is 0.300. The molecule has 0 bridgehead atoms. The summed E-state index contributed by atoms with van der Waals surface area (Å²) in [4.78, 5) is 0. The highest BCUT2D eigenvalue weighted by molar-refractivity contribution is 7.92. The third-order valence-corrected chi connectivity index (χ3v) is 4.02. The topological polar surface area (TPSA) is 84.1 Å². The second-order valence-electron chi connectivity index (χ2n) is 3.67. The minimum absolute atomic E-state index is 0.122. The van der Waals surface area contributed by atoms with Crippen molar-refractivity contribution in [2.24, 2.45) is 0 Å². The number of benzene rings is 1. The van der Waals surface area contributed by atoms with Crippen LogP contribution in [0, 0.1) is 0 Å². The summed E-state index contributed by atoms with van der Waals surface area (Å²) in [6.07, 6.45) is 1.55. The van der Waals surface area contributed by atoms with Gasteiger partial charge in [0.1, 0.15) is 0 Å². The van der Waals surface area contributed by atoms with E-state index in [4.69, 9.17) is 16.3 Å². The molecule has 1 aromatic carbocycles. The molecule has 2 aromatic rings. The van der Waals surface area contributed by atoms with Crippen LogP contribution >= 0.6 is 11.6 Å². The number of rotatable bonds is 5. The lowest BCUT2D eigenvalue weighted by Gasteiger charge is -2.09. The van der Waals surface area contributed by atoms with E-state index in [1.807, 2.05) is 0 Å². The first-order valence-electron chi connectivity index (χ1n) is 5.14. The van der Waals surface area contributed by atoms with Crippen molar-refractivity contribution < 1.29 is 13.2 Å². The minimum atomic E-state index is -3.46. The number of anilines is 1. The molecule has 0 amide bonds. The lowest BCUT2D eigenvalue weighted by molar-refractivity contribution is 0.217. The van der Waals surface area contributed by atoms with E-state index in [-0.39, 0.29) is 12.4 Å². The summed E-state index contributed by atoms with van der Waals surface area (Å²) in [5.74, 6) is -0.122. The number of aromatic nitrogens is 2. The molecule has 0 spiro atoms. The zero-order valence-corrected chi connectivity index (χ0v) is 11.2. The average Bonchev–Trinajstić information content (AvgIpc) is 2.79. The Balaban J connectivity index is 2.29. The summed E-state index contributed by atoms with van der Waals surface area (Å²) in [6, 6.07) is 3.30. The van der Waals surface area contributed by atoms with Gasteiger partial charge in [-0.3, -0.25) is 9.82 Å². The normalized spacial score (nSPS) is 11.9. The van der Waals surface area contributed by atoms with Gasteiger partial charge in [0.25, 0.3) is 0 Å². The molecule has 2 N–H and O–H groups in total. The van der Waals surface area contributed by atoms with E-state index in [1.165, 1.54) is 7.11 Å². The number of sulfonamides is 1. The Labute approximate surface area is 109 Å². The Morgan fingerprint density at radius 3 is 3.00 bits per heavy atom. The van der Waals surface area contributed by atoms with Crippen molar-refractivity contribution in [2.75, 3.05) is 24.2 Å². The molecule has 0 fully saturated rings. The van der Waals surface area contributed by atoms with E-state index >= 15 is 0 Å². The van der Waals surface area contributed by atoms with Crippen LogP contribution in [-0.2, 0) is 14.8 Å². The molecule has 8 heteroatoms. The van der Waals surface area contributed by atoms with Gasteiger partial charge in [-0.25, -0.2) is 8.42 Å². The van der Waals surface area contributed by atoms with Gasteiger partial charge in [-0.2, -0.15) is 5.10 Å². The molecule has 1 heterocycles. The Morgan fingerprint density at radius 2 is 2.28 bits per heavy atom. The number of nitrogens with zero attached hydrogens (tertiary/aromatic N) is 1. The SMILES string of the molecule is COCCS(=O)(=O)Nc1ccc2[nH]ncc2c1Cl. The lowest BCUT2D eigenvalue weighted by Crippen LogP contribution is -2.19. The van der Waals surface area contributed by atoms with Crippen molar-refractivity contribution in [3.05, 3.63) is 23.4 Å². The molecule has 0 aliphatic carbocycles. The Bertz CT molecular complexity index is 653. The van der Waals surface area contributed by atoms with Crippen LogP contribution in [0.3, 0.4) is 0 Å². The Hall–Kier alpha value is -1.31. The molecule has 6 nitrogen and oxygen atoms in total. The molecule has 0 saturated carbocycles. The first kappa shape index (κ1) is 13.1. The predicted molar refractivity (Wildman–Crippen MR) is 70.4 cm³/mol. The summed E-state index contributed by atoms with van der Waals surface area (Å²) < 4.78 is 30.6. The molecule has 18 heavy (non-hydrogen) atoms. The summed E-state index contributed by atoms with van der Waals surface area (Å²) in [5.41, 5.74) is 1.08. The molecule has 1 aromatic heterocycles. The average molecular weight is 290 g/mol. The highest BCUT2D eigenvalue weighted by atomic mass is 35.5. The van der Waals surface area contributed by atoms with E-state index in [9.17, 15) is 8.42 Å². The van der Waals surface area contributed by atoms with E-state index < -0.39 is 10.0 Å². The maximum absolute atomic E-state index is 11.7. The van der Waals surface area contributed by atoms with Gasteiger partial charge in [0.2, 0.25) is 10.0 Å². The van der Waals surface area contributed by atoms with Crippen LogP contribution in [-0.4, -0.2) is 38.1 Å². The van der Waals surface area contributed by atoms with Crippen molar-refractivity contribution in [3.63, 3.8) is 0 Å². The maximum Gasteiger partial charge on any atom is 0.235 e. The maximum atomic E-state index is 11.7. The molecule has 0 radical (unpaired) electrons. The molecule has 0 saturated heterocycles. The van der Waals surface area contributed by atoms with Gasteiger partial charge >= 0.3 is 0 Å². The van der Waals surface area contributed by atoms with Gasteiger partial charge in [-0.15, -0.1) is 0 Å². The number of fused-ring (bicyclic) bond motifs is 1. The predicted octanol–water partition coefficient (Wildman–Crippen LogP) is 1.60. The highest BCUT2D eigenvalue weighted by Crippen LogP contribution is 2.30. The number of hydrogen-bond acceptors (Lipinski definition) is 4. The molecule has 2 rings (SSSR count). The molecular weight excluding hydrogens is 278 g/mol. The van der Waals surface area contributed by atoms with Gasteiger partial charge in [0.05, 0.1) is 34.8 Å². The van der Waals surface area contributed by atoms with E-state index in [0.29, 0.717) is 16.1 Å². The van der Waals surface area contributed by atoms with Crippen molar-refractivity contribution in [3.8, 4) is 0 Å². The van der Waals surface area contributed by atoms with Crippen LogP contribution in [0.4, 0.5) is 5.69 Å². The number of aromatic amines is 1. The molecule has 0 unspecified atom stereocenters. The smallest absolute Gasteiger partial charge is 0.235 e. The quantitative estimate of drug-likeness (QED) is 0.876. The zero-order valence-electron chi connectivity index (χ0n) is 9.60. The fourth-order valence-electron chi connectivity index (χ4n) is 1.47. The standard InChI is InChI=1S/C10H12ClN3O3S/c1-17-4-5-18(15,16)14-9-3-2-8-7(10(9)11)6-12-13-8/h2-3,6,14H,4-5H2,1H3,(H,12,13). The molecule has 0 atom stereocenters. The summed E-state index contributed by atoms with van der Waals surface area (Å²) in [6.45, 7) is 0.126. The fourth-order valence-corrected chi connectivity index (χ4v) is 2.78. The minimum Gasteiger partial charge on any atom is -0.384 e. The van der Waals surface area contributed by atoms with Crippen LogP contribution in [0.2, 0.25) is 5.02 Å². The van der Waals surface area contributed by atoms with Crippen molar-refractivity contribution >= 4 is 38.2 Å². The first-order valence-corrected chi connectivity index (χ1v) is 7.17. The van der Waals surface area contributed by atoms with Crippen molar-refractivity contribution in [2.45, 2.75) is 0 Å². The van der Waals surface area contributed by atoms with Gasteiger partial charge in [-0.1, -0.05) is 11.6 Å². The lowest BCUT2D eigenvalue weighted by atomic mass is 10.2. The van der Waals surface area contributed by atoms with Gasteiger partial charge in [0.15, 0.2) is 0 Å². The second kappa shape index (κ2) is 5.13. The van der Waals surface area contributed by atoms with Crippen LogP contribution < -0.4 is 4.72 Å². The van der Waals surface area contributed by atoms with Crippen LogP contribution in [0.25, 0.3) is 10.9 Å². The first-order chi connectivity index (χ1) is 8.53. The van der Waals surface area contributed by atoms with Crippen LogP contribution in [0.15, 0.2) is 18.3 Å². The third kappa shape index (κ3) is 2.74. The largest absolute Gasteiger partial charge is 0.384 e. The number of ether oxygens (including phenoxy) is 1. The summed E-state index contributed by atoms with van der Waals surface area (Å²) in [7, 11) is -2.02. The monoisotopic (exact) mass is 289 g/mol.